The van der Waals surface area contributed by atoms with Gasteiger partial charge in [-0.2, -0.15) is 0 Å². The molecule has 0 saturated heterocycles. The van der Waals surface area contributed by atoms with Gasteiger partial charge in [0, 0.05) is 22.8 Å². The van der Waals surface area contributed by atoms with Gasteiger partial charge in [0.25, 0.3) is 0 Å². The second-order valence-corrected chi connectivity index (χ2v) is 6.10. The first-order valence-electron chi connectivity index (χ1n) is 7.47. The van der Waals surface area contributed by atoms with Crippen LogP contribution in [0.15, 0.2) is 64.6 Å². The van der Waals surface area contributed by atoms with E-state index in [-0.39, 0.29) is 5.75 Å². The van der Waals surface area contributed by atoms with Gasteiger partial charge < -0.3 is 19.9 Å². The number of benzene rings is 2. The Morgan fingerprint density at radius 3 is 2.68 bits per heavy atom. The summed E-state index contributed by atoms with van der Waals surface area (Å²) in [5.74, 6) is 1.70. The van der Waals surface area contributed by atoms with Gasteiger partial charge in [-0.15, -0.1) is 0 Å². The van der Waals surface area contributed by atoms with Crippen molar-refractivity contribution in [3.05, 3.63) is 54.7 Å². The smallest absolute Gasteiger partial charge is 0.228 e. The third-order valence-corrected chi connectivity index (χ3v) is 4.25. The number of phenols is 1. The van der Waals surface area contributed by atoms with Gasteiger partial charge in [0.15, 0.2) is 11.5 Å². The molecule has 0 amide bonds. The van der Waals surface area contributed by atoms with Crippen molar-refractivity contribution in [2.45, 2.75) is 9.92 Å². The number of ether oxygens (including phenoxy) is 2. The molecule has 0 aliphatic carbocycles. The van der Waals surface area contributed by atoms with Crippen LogP contribution in [-0.4, -0.2) is 29.3 Å². The summed E-state index contributed by atoms with van der Waals surface area (Å²) in [6, 6.07) is 14.6. The quantitative estimate of drug-likeness (QED) is 0.645. The third-order valence-electron chi connectivity index (χ3n) is 3.33. The van der Waals surface area contributed by atoms with E-state index in [2.05, 4.69) is 15.3 Å². The minimum Gasteiger partial charge on any atom is -0.504 e. The average molecular weight is 355 g/mol. The molecular formula is C18H17N3O3S. The van der Waals surface area contributed by atoms with Crippen molar-refractivity contribution < 1.29 is 14.6 Å². The maximum atomic E-state index is 9.85. The van der Waals surface area contributed by atoms with E-state index in [9.17, 15) is 5.11 Å². The minimum absolute atomic E-state index is 0.0504. The van der Waals surface area contributed by atoms with Crippen LogP contribution in [0.25, 0.3) is 0 Å². The fourth-order valence-electron chi connectivity index (χ4n) is 2.14. The topological polar surface area (TPSA) is 76.5 Å². The molecule has 25 heavy (non-hydrogen) atoms. The zero-order chi connectivity index (χ0) is 17.6. The Labute approximate surface area is 149 Å². The molecule has 1 heterocycles. The normalized spacial score (nSPS) is 10.3. The first-order chi connectivity index (χ1) is 12.2. The Balaban J connectivity index is 1.76. The van der Waals surface area contributed by atoms with Gasteiger partial charge in [-0.05, 0) is 36.4 Å². The number of methoxy groups -OCH3 is 2. The highest BCUT2D eigenvalue weighted by atomic mass is 32.2. The van der Waals surface area contributed by atoms with Crippen LogP contribution in [0.4, 0.5) is 11.6 Å². The molecule has 0 aliphatic heterocycles. The van der Waals surface area contributed by atoms with Crippen LogP contribution in [0.1, 0.15) is 0 Å². The Hall–Kier alpha value is -2.93. The molecule has 0 spiro atoms. The van der Waals surface area contributed by atoms with E-state index >= 15 is 0 Å². The van der Waals surface area contributed by atoms with Crippen molar-refractivity contribution in [1.82, 2.24) is 9.97 Å². The molecule has 0 saturated carbocycles. The summed E-state index contributed by atoms with van der Waals surface area (Å²) in [4.78, 5) is 9.71. The second-order valence-electron chi connectivity index (χ2n) is 5.01. The Morgan fingerprint density at radius 2 is 1.92 bits per heavy atom. The molecule has 0 aliphatic rings. The van der Waals surface area contributed by atoms with Crippen LogP contribution < -0.4 is 14.8 Å². The lowest BCUT2D eigenvalue weighted by molar-refractivity contribution is 0.373. The lowest BCUT2D eigenvalue weighted by atomic mass is 10.3. The molecule has 0 bridgehead atoms. The summed E-state index contributed by atoms with van der Waals surface area (Å²) in [5.41, 5.74) is 0.668. The first-order valence-corrected chi connectivity index (χ1v) is 8.28. The van der Waals surface area contributed by atoms with Crippen LogP contribution in [0.3, 0.4) is 0 Å². The molecule has 0 fully saturated rings. The van der Waals surface area contributed by atoms with Crippen molar-refractivity contribution in [1.29, 1.82) is 0 Å². The molecule has 0 unspecified atom stereocenters. The molecular weight excluding hydrogens is 338 g/mol. The van der Waals surface area contributed by atoms with Crippen LogP contribution >= 0.6 is 11.8 Å². The third kappa shape index (κ3) is 4.33. The van der Waals surface area contributed by atoms with Gasteiger partial charge in [0.05, 0.1) is 14.2 Å². The molecule has 128 valence electrons. The SMILES string of the molecule is COc1cccc(Sc2ccnc(Nc3ccc(OC)c(O)c3)n2)c1. The number of anilines is 2. The Kier molecular flexibility index (Phi) is 5.25. The van der Waals surface area contributed by atoms with E-state index in [1.165, 1.54) is 18.9 Å². The number of nitrogens with zero attached hydrogens (tertiary/aromatic N) is 2. The summed E-state index contributed by atoms with van der Waals surface area (Å²) in [7, 11) is 3.14. The van der Waals surface area contributed by atoms with E-state index < -0.39 is 0 Å². The van der Waals surface area contributed by atoms with Crippen molar-refractivity contribution in [3.63, 3.8) is 0 Å². The van der Waals surface area contributed by atoms with Crippen LogP contribution in [0.5, 0.6) is 17.2 Å². The predicted molar refractivity (Wildman–Crippen MR) is 97.1 cm³/mol. The monoisotopic (exact) mass is 355 g/mol. The number of hydrogen-bond donors (Lipinski definition) is 2. The van der Waals surface area contributed by atoms with Gasteiger partial charge in [-0.3, -0.25) is 0 Å². The van der Waals surface area contributed by atoms with E-state index in [0.29, 0.717) is 17.4 Å². The van der Waals surface area contributed by atoms with E-state index in [1.54, 1.807) is 31.5 Å². The predicted octanol–water partition coefficient (Wildman–Crippen LogP) is 4.09. The molecule has 2 N–H and O–H groups in total. The van der Waals surface area contributed by atoms with Crippen molar-refractivity contribution >= 4 is 23.4 Å². The Morgan fingerprint density at radius 1 is 1.04 bits per heavy atom. The Bertz CT molecular complexity index is 874. The van der Waals surface area contributed by atoms with Gasteiger partial charge in [0.2, 0.25) is 5.95 Å². The number of aromatic hydroxyl groups is 1. The number of nitrogens with one attached hydrogen (secondary N) is 1. The van der Waals surface area contributed by atoms with Gasteiger partial charge in [-0.1, -0.05) is 17.8 Å². The fraction of sp³-hybridized carbons (Fsp3) is 0.111. The molecule has 7 heteroatoms. The zero-order valence-corrected chi connectivity index (χ0v) is 14.6. The maximum absolute atomic E-state index is 9.85. The van der Waals surface area contributed by atoms with Crippen molar-refractivity contribution in [2.75, 3.05) is 19.5 Å². The highest BCUT2D eigenvalue weighted by Crippen LogP contribution is 2.31. The van der Waals surface area contributed by atoms with E-state index in [0.717, 1.165) is 15.7 Å². The molecule has 3 aromatic rings. The number of hydrogen-bond acceptors (Lipinski definition) is 7. The summed E-state index contributed by atoms with van der Waals surface area (Å²) < 4.78 is 10.3. The standard InChI is InChI=1S/C18H17N3O3S/c1-23-13-4-3-5-14(11-13)25-17-8-9-19-18(21-17)20-12-6-7-16(24-2)15(22)10-12/h3-11,22H,1-2H3,(H,19,20,21). The zero-order valence-electron chi connectivity index (χ0n) is 13.8. The molecule has 1 aromatic heterocycles. The maximum Gasteiger partial charge on any atom is 0.228 e. The molecule has 3 rings (SSSR count). The van der Waals surface area contributed by atoms with Crippen molar-refractivity contribution in [3.8, 4) is 17.2 Å². The molecule has 2 aromatic carbocycles. The molecule has 0 atom stereocenters. The number of phenolic OH excluding ortho intramolecular Hbond substituents is 1. The minimum atomic E-state index is 0.0504. The number of rotatable bonds is 6. The summed E-state index contributed by atoms with van der Waals surface area (Å²) in [6.07, 6.45) is 1.68. The fourth-order valence-corrected chi connectivity index (χ4v) is 2.97. The van der Waals surface area contributed by atoms with Crippen molar-refractivity contribution in [2.24, 2.45) is 0 Å². The summed E-state index contributed by atoms with van der Waals surface area (Å²) in [5, 5.41) is 13.7. The lowest BCUT2D eigenvalue weighted by Crippen LogP contribution is -1.97. The van der Waals surface area contributed by atoms with E-state index in [4.69, 9.17) is 9.47 Å². The van der Waals surface area contributed by atoms with Gasteiger partial charge in [-0.25, -0.2) is 9.97 Å². The van der Waals surface area contributed by atoms with Crippen LogP contribution in [0, 0.1) is 0 Å². The summed E-state index contributed by atoms with van der Waals surface area (Å²) in [6.45, 7) is 0. The lowest BCUT2D eigenvalue weighted by Gasteiger charge is -2.09. The second kappa shape index (κ2) is 7.76. The average Bonchev–Trinajstić information content (AvgIpc) is 2.62. The number of aromatic nitrogens is 2. The highest BCUT2D eigenvalue weighted by Gasteiger charge is 2.06. The van der Waals surface area contributed by atoms with Crippen LogP contribution in [-0.2, 0) is 0 Å². The highest BCUT2D eigenvalue weighted by molar-refractivity contribution is 7.99. The molecule has 0 radical (unpaired) electrons. The largest absolute Gasteiger partial charge is 0.504 e. The van der Waals surface area contributed by atoms with Crippen LogP contribution in [0.2, 0.25) is 0 Å². The van der Waals surface area contributed by atoms with Gasteiger partial charge >= 0.3 is 0 Å². The summed E-state index contributed by atoms with van der Waals surface area (Å²) >= 11 is 1.51. The van der Waals surface area contributed by atoms with Gasteiger partial charge in [0.1, 0.15) is 10.8 Å². The van der Waals surface area contributed by atoms with E-state index in [1.807, 2.05) is 30.3 Å². The first kappa shape index (κ1) is 16.9. The molecule has 6 nitrogen and oxygen atoms in total.